The first-order valence-corrected chi connectivity index (χ1v) is 9.04. The van der Waals surface area contributed by atoms with E-state index in [1.165, 1.54) is 11.3 Å². The molecule has 26 heavy (non-hydrogen) atoms. The number of rotatable bonds is 4. The van der Waals surface area contributed by atoms with E-state index in [0.717, 1.165) is 46.5 Å². The van der Waals surface area contributed by atoms with Gasteiger partial charge in [-0.1, -0.05) is 24.3 Å². The fraction of sp³-hybridized carbons (Fsp3) is 0.222. The number of carbonyl (C=O) groups is 1. The van der Waals surface area contributed by atoms with Gasteiger partial charge in [0, 0.05) is 24.2 Å². The molecule has 8 heteroatoms. The number of anilines is 1. The Morgan fingerprint density at radius 2 is 2.04 bits per heavy atom. The summed E-state index contributed by atoms with van der Waals surface area (Å²) in [5, 5.41) is 3.63. The predicted octanol–water partition coefficient (Wildman–Crippen LogP) is 2.30. The number of carbonyl (C=O) groups excluding carboxylic acids is 1. The van der Waals surface area contributed by atoms with Gasteiger partial charge in [-0.25, -0.2) is 9.97 Å². The number of thiophene rings is 1. The molecule has 2 N–H and O–H groups in total. The van der Waals surface area contributed by atoms with Gasteiger partial charge in [0.1, 0.15) is 0 Å². The summed E-state index contributed by atoms with van der Waals surface area (Å²) in [5.41, 5.74) is 2.45. The van der Waals surface area contributed by atoms with Crippen LogP contribution in [0.15, 0.2) is 35.4 Å². The second-order valence-corrected chi connectivity index (χ2v) is 6.90. The predicted molar refractivity (Wildman–Crippen MR) is 103 cm³/mol. The third kappa shape index (κ3) is 3.04. The number of hydrogen-bond donors (Lipinski definition) is 1. The molecule has 0 unspecified atom stereocenters. The minimum absolute atomic E-state index is 0.588. The summed E-state index contributed by atoms with van der Waals surface area (Å²) in [6, 6.07) is 9.50. The average molecular weight is 367 g/mol. The lowest BCUT2D eigenvalue weighted by Gasteiger charge is -2.28. The van der Waals surface area contributed by atoms with Crippen molar-refractivity contribution in [2.24, 2.45) is 10.9 Å². The highest BCUT2D eigenvalue weighted by atomic mass is 32.1. The number of fused-ring (bicyclic) bond motifs is 1. The largest absolute Gasteiger partial charge is 0.378 e. The van der Waals surface area contributed by atoms with Gasteiger partial charge in [-0.3, -0.25) is 4.79 Å². The molecular weight excluding hydrogens is 350 g/mol. The van der Waals surface area contributed by atoms with Crippen molar-refractivity contribution in [1.82, 2.24) is 9.97 Å². The minimum Gasteiger partial charge on any atom is -0.378 e. The van der Waals surface area contributed by atoms with Gasteiger partial charge in [-0.05, 0) is 6.07 Å². The molecule has 1 aromatic carbocycles. The standard InChI is InChI=1S/C18H17N5O2S/c19-20-10-12-3-1-2-4-14(12)17-21-15-9-13(11-24)26-16(15)18(22-17)23-5-7-25-8-6-23/h1-4,9-11H,5-8,19H2/b20-10-. The van der Waals surface area contributed by atoms with Crippen LogP contribution in [0.5, 0.6) is 0 Å². The Balaban J connectivity index is 1.92. The molecule has 2 aromatic heterocycles. The summed E-state index contributed by atoms with van der Waals surface area (Å²) < 4.78 is 6.38. The molecule has 0 radical (unpaired) electrons. The Morgan fingerprint density at radius 3 is 2.81 bits per heavy atom. The fourth-order valence-corrected chi connectivity index (χ4v) is 3.92. The van der Waals surface area contributed by atoms with Crippen LogP contribution in [0.4, 0.5) is 5.82 Å². The van der Waals surface area contributed by atoms with Gasteiger partial charge < -0.3 is 15.5 Å². The van der Waals surface area contributed by atoms with Crippen molar-refractivity contribution in [2.75, 3.05) is 31.2 Å². The molecule has 1 aliphatic rings. The Kier molecular flexibility index (Phi) is 4.59. The quantitative estimate of drug-likeness (QED) is 0.329. The number of morpholine rings is 1. The van der Waals surface area contributed by atoms with Gasteiger partial charge in [0.15, 0.2) is 17.9 Å². The van der Waals surface area contributed by atoms with Crippen molar-refractivity contribution in [3.8, 4) is 11.4 Å². The van der Waals surface area contributed by atoms with Crippen LogP contribution >= 0.6 is 11.3 Å². The lowest BCUT2D eigenvalue weighted by atomic mass is 10.1. The molecule has 3 aromatic rings. The van der Waals surface area contributed by atoms with E-state index < -0.39 is 0 Å². The molecular formula is C18H17N5O2S. The summed E-state index contributed by atoms with van der Waals surface area (Å²) in [6.45, 7) is 2.82. The fourth-order valence-electron chi connectivity index (χ4n) is 2.99. The van der Waals surface area contributed by atoms with E-state index in [9.17, 15) is 4.79 Å². The van der Waals surface area contributed by atoms with Gasteiger partial charge in [0.25, 0.3) is 0 Å². The molecule has 1 fully saturated rings. The van der Waals surface area contributed by atoms with Crippen LogP contribution in [0.2, 0.25) is 0 Å². The number of aromatic nitrogens is 2. The number of aldehydes is 1. The molecule has 1 aliphatic heterocycles. The van der Waals surface area contributed by atoms with Crippen LogP contribution in [0, 0.1) is 0 Å². The van der Waals surface area contributed by atoms with Gasteiger partial charge in [-0.15, -0.1) is 11.3 Å². The van der Waals surface area contributed by atoms with Crippen LogP contribution in [-0.4, -0.2) is 48.8 Å². The lowest BCUT2D eigenvalue weighted by Crippen LogP contribution is -2.36. The van der Waals surface area contributed by atoms with E-state index in [1.54, 1.807) is 6.21 Å². The van der Waals surface area contributed by atoms with Crippen LogP contribution in [0.1, 0.15) is 15.2 Å². The Labute approximate surface area is 154 Å². The molecule has 0 amide bonds. The van der Waals surface area contributed by atoms with E-state index in [0.29, 0.717) is 23.9 Å². The Morgan fingerprint density at radius 1 is 1.23 bits per heavy atom. The van der Waals surface area contributed by atoms with Crippen LogP contribution in [0.25, 0.3) is 21.6 Å². The minimum atomic E-state index is 0.588. The van der Waals surface area contributed by atoms with Crippen LogP contribution < -0.4 is 10.7 Å². The van der Waals surface area contributed by atoms with E-state index in [4.69, 9.17) is 20.5 Å². The Bertz CT molecular complexity index is 979. The number of ether oxygens (including phenoxy) is 1. The third-order valence-corrected chi connectivity index (χ3v) is 5.26. The van der Waals surface area contributed by atoms with E-state index in [-0.39, 0.29) is 0 Å². The molecule has 3 heterocycles. The zero-order chi connectivity index (χ0) is 17.9. The highest BCUT2D eigenvalue weighted by Gasteiger charge is 2.20. The van der Waals surface area contributed by atoms with Gasteiger partial charge >= 0.3 is 0 Å². The van der Waals surface area contributed by atoms with Crippen molar-refractivity contribution in [2.45, 2.75) is 0 Å². The van der Waals surface area contributed by atoms with Gasteiger partial charge in [0.2, 0.25) is 0 Å². The van der Waals surface area contributed by atoms with Crippen molar-refractivity contribution < 1.29 is 9.53 Å². The molecule has 7 nitrogen and oxygen atoms in total. The maximum absolute atomic E-state index is 11.3. The molecule has 0 spiro atoms. The number of benzene rings is 1. The van der Waals surface area contributed by atoms with Crippen molar-refractivity contribution in [3.05, 3.63) is 40.8 Å². The van der Waals surface area contributed by atoms with Gasteiger partial charge in [0.05, 0.1) is 34.5 Å². The zero-order valence-corrected chi connectivity index (χ0v) is 14.8. The number of nitrogens with two attached hydrogens (primary N) is 1. The highest BCUT2D eigenvalue weighted by molar-refractivity contribution is 7.21. The smallest absolute Gasteiger partial charge is 0.162 e. The first-order valence-electron chi connectivity index (χ1n) is 8.22. The molecule has 1 saturated heterocycles. The topological polar surface area (TPSA) is 93.7 Å². The van der Waals surface area contributed by atoms with E-state index in [1.807, 2.05) is 30.3 Å². The normalized spacial score (nSPS) is 15.0. The summed E-state index contributed by atoms with van der Waals surface area (Å²) in [4.78, 5) is 23.6. The molecule has 0 bridgehead atoms. The maximum Gasteiger partial charge on any atom is 0.162 e. The van der Waals surface area contributed by atoms with E-state index in [2.05, 4.69) is 10.0 Å². The molecule has 0 atom stereocenters. The third-order valence-electron chi connectivity index (χ3n) is 4.21. The maximum atomic E-state index is 11.3. The molecule has 4 rings (SSSR count). The number of hydrogen-bond acceptors (Lipinski definition) is 8. The SMILES string of the molecule is N/N=C\c1ccccc1-c1nc(N2CCOCC2)c2sc(C=O)cc2n1. The summed E-state index contributed by atoms with van der Waals surface area (Å²) in [6.07, 6.45) is 2.44. The molecule has 0 aliphatic carbocycles. The lowest BCUT2D eigenvalue weighted by molar-refractivity contribution is 0.112. The summed E-state index contributed by atoms with van der Waals surface area (Å²) in [5.74, 6) is 6.76. The van der Waals surface area contributed by atoms with E-state index >= 15 is 0 Å². The monoisotopic (exact) mass is 367 g/mol. The van der Waals surface area contributed by atoms with Crippen molar-refractivity contribution in [3.63, 3.8) is 0 Å². The van der Waals surface area contributed by atoms with Gasteiger partial charge in [-0.2, -0.15) is 5.10 Å². The average Bonchev–Trinajstić information content (AvgIpc) is 3.12. The Hall–Kier alpha value is -2.84. The summed E-state index contributed by atoms with van der Waals surface area (Å²) >= 11 is 1.41. The first-order chi connectivity index (χ1) is 12.8. The zero-order valence-electron chi connectivity index (χ0n) is 14.0. The van der Waals surface area contributed by atoms with Crippen LogP contribution in [-0.2, 0) is 4.74 Å². The number of nitrogens with zero attached hydrogens (tertiary/aromatic N) is 4. The highest BCUT2D eigenvalue weighted by Crippen LogP contribution is 2.34. The van der Waals surface area contributed by atoms with Crippen LogP contribution in [0.3, 0.4) is 0 Å². The first kappa shape index (κ1) is 16.6. The van der Waals surface area contributed by atoms with Crippen molar-refractivity contribution >= 4 is 39.9 Å². The summed E-state index contributed by atoms with van der Waals surface area (Å²) in [7, 11) is 0. The molecule has 0 saturated carbocycles. The van der Waals surface area contributed by atoms with Crippen molar-refractivity contribution in [1.29, 1.82) is 0 Å². The molecule has 132 valence electrons. The second kappa shape index (κ2) is 7.19. The number of hydrazone groups is 1. The second-order valence-electron chi connectivity index (χ2n) is 5.82.